The molecular formula is C21H27ClFN2OP. The molecule has 1 heterocycles. The molecule has 0 fully saturated rings. The van der Waals surface area contributed by atoms with Gasteiger partial charge >= 0.3 is 0 Å². The van der Waals surface area contributed by atoms with E-state index in [0.29, 0.717) is 10.8 Å². The first-order chi connectivity index (χ1) is 12.9. The highest BCUT2D eigenvalue weighted by molar-refractivity contribution is 7.17. The highest BCUT2D eigenvalue weighted by Gasteiger charge is 2.06. The smallest absolute Gasteiger partial charge is 0.147 e. The highest BCUT2D eigenvalue weighted by atomic mass is 35.5. The molecule has 0 bridgehead atoms. The number of aromatic amines is 1. The Hall–Kier alpha value is -1.61. The van der Waals surface area contributed by atoms with Gasteiger partial charge < -0.3 is 14.6 Å². The first-order valence-corrected chi connectivity index (χ1v) is 9.92. The van der Waals surface area contributed by atoms with Crippen molar-refractivity contribution in [2.75, 3.05) is 20.2 Å². The molecule has 6 heteroatoms. The number of halogens is 2. The Balaban J connectivity index is 1.97. The number of hydrogen-bond acceptors (Lipinski definition) is 2. The third-order valence-corrected chi connectivity index (χ3v) is 4.45. The minimum absolute atomic E-state index is 0.0435. The summed E-state index contributed by atoms with van der Waals surface area (Å²) in [4.78, 5) is 5.51. The van der Waals surface area contributed by atoms with Crippen LogP contribution in [-0.4, -0.2) is 36.0 Å². The van der Waals surface area contributed by atoms with Crippen molar-refractivity contribution in [2.45, 2.75) is 25.8 Å². The second-order valence-corrected chi connectivity index (χ2v) is 7.69. The molecule has 0 spiro atoms. The van der Waals surface area contributed by atoms with E-state index in [-0.39, 0.29) is 6.61 Å². The maximum absolute atomic E-state index is 12.9. The van der Waals surface area contributed by atoms with Gasteiger partial charge in [0.05, 0.1) is 0 Å². The van der Waals surface area contributed by atoms with E-state index in [1.807, 2.05) is 37.4 Å². The highest BCUT2D eigenvalue weighted by Crippen LogP contribution is 2.16. The average Bonchev–Trinajstić information content (AvgIpc) is 2.99. The molecule has 0 aliphatic carbocycles. The van der Waals surface area contributed by atoms with Crippen LogP contribution < -0.4 is 15.3 Å². The summed E-state index contributed by atoms with van der Waals surface area (Å²) >= 11 is 5.90. The number of ether oxygens (including phenoxy) is 1. The van der Waals surface area contributed by atoms with Crippen LogP contribution in [0.3, 0.4) is 0 Å². The average molecular weight is 409 g/mol. The molecule has 0 saturated carbocycles. The SMILES string of the molecule is C=C(Cl)/C=c1/[nH]cc(CCN(C)Cc2cccc(OCC(F)P)c2)/c1=C/C. The predicted octanol–water partition coefficient (Wildman–Crippen LogP) is 3.57. The van der Waals surface area contributed by atoms with E-state index in [1.54, 1.807) is 0 Å². The Morgan fingerprint density at radius 2 is 2.26 bits per heavy atom. The van der Waals surface area contributed by atoms with Crippen LogP contribution in [0.15, 0.2) is 42.1 Å². The van der Waals surface area contributed by atoms with Crippen LogP contribution in [0, 0.1) is 0 Å². The van der Waals surface area contributed by atoms with E-state index in [1.165, 1.54) is 10.8 Å². The maximum atomic E-state index is 12.9. The van der Waals surface area contributed by atoms with Gasteiger partial charge in [-0.05, 0) is 54.9 Å². The number of benzene rings is 1. The van der Waals surface area contributed by atoms with E-state index in [0.717, 1.165) is 30.4 Å². The van der Waals surface area contributed by atoms with Crippen molar-refractivity contribution < 1.29 is 9.13 Å². The molecule has 1 aromatic carbocycles. The van der Waals surface area contributed by atoms with Crippen LogP contribution >= 0.6 is 20.8 Å². The number of hydrogen-bond donors (Lipinski definition) is 1. The van der Waals surface area contributed by atoms with Crippen molar-refractivity contribution in [1.82, 2.24) is 9.88 Å². The van der Waals surface area contributed by atoms with Gasteiger partial charge in [-0.2, -0.15) is 0 Å². The molecule has 2 rings (SSSR count). The standard InChI is InChI=1S/C21H27ClFN2OP/c1-4-19-17(12-24-20(19)10-15(2)22)8-9-25(3)13-16-6-5-7-18(11-16)26-14-21(23)27/h4-7,10-12,21,24H,2,8-9,13-14,27H2,1,3H3/b19-4-,20-10+. The topological polar surface area (TPSA) is 28.3 Å². The third kappa shape index (κ3) is 7.14. The summed E-state index contributed by atoms with van der Waals surface area (Å²) in [7, 11) is 4.18. The van der Waals surface area contributed by atoms with Crippen molar-refractivity contribution in [2.24, 2.45) is 0 Å². The Kier molecular flexibility index (Phi) is 8.56. The summed E-state index contributed by atoms with van der Waals surface area (Å²) in [5.41, 5.74) is 2.39. The first-order valence-electron chi connectivity index (χ1n) is 8.87. The Bertz CT molecular complexity index is 879. The molecule has 146 valence electrons. The fourth-order valence-electron chi connectivity index (χ4n) is 2.93. The van der Waals surface area contributed by atoms with Crippen LogP contribution in [0.5, 0.6) is 5.75 Å². The zero-order valence-electron chi connectivity index (χ0n) is 15.8. The Morgan fingerprint density at radius 1 is 1.48 bits per heavy atom. The summed E-state index contributed by atoms with van der Waals surface area (Å²) in [6, 6.07) is 7.80. The zero-order valence-corrected chi connectivity index (χ0v) is 17.8. The lowest BCUT2D eigenvalue weighted by Gasteiger charge is -2.17. The number of H-pyrrole nitrogens is 1. The molecule has 2 atom stereocenters. The van der Waals surface area contributed by atoms with Crippen molar-refractivity contribution in [3.05, 3.63) is 63.8 Å². The van der Waals surface area contributed by atoms with Gasteiger partial charge in [0.15, 0.2) is 0 Å². The summed E-state index contributed by atoms with van der Waals surface area (Å²) < 4.78 is 18.3. The number of alkyl halides is 1. The van der Waals surface area contributed by atoms with Gasteiger partial charge in [-0.15, -0.1) is 0 Å². The van der Waals surface area contributed by atoms with Crippen molar-refractivity contribution >= 4 is 33.0 Å². The largest absolute Gasteiger partial charge is 0.490 e. The molecule has 2 aromatic rings. The van der Waals surface area contributed by atoms with E-state index in [9.17, 15) is 4.39 Å². The lowest BCUT2D eigenvalue weighted by atomic mass is 10.1. The molecule has 0 aliphatic heterocycles. The number of rotatable bonds is 9. The number of allylic oxidation sites excluding steroid dienone is 1. The molecule has 27 heavy (non-hydrogen) atoms. The fourth-order valence-corrected chi connectivity index (χ4v) is 3.13. The van der Waals surface area contributed by atoms with E-state index < -0.39 is 5.91 Å². The summed E-state index contributed by atoms with van der Waals surface area (Å²) in [6.45, 7) is 7.49. The predicted molar refractivity (Wildman–Crippen MR) is 116 cm³/mol. The van der Waals surface area contributed by atoms with Gasteiger partial charge in [-0.1, -0.05) is 45.6 Å². The second kappa shape index (κ2) is 10.7. The quantitative estimate of drug-likeness (QED) is 0.642. The lowest BCUT2D eigenvalue weighted by Crippen LogP contribution is -2.27. The second-order valence-electron chi connectivity index (χ2n) is 6.48. The van der Waals surface area contributed by atoms with Crippen LogP contribution in [-0.2, 0) is 13.0 Å². The van der Waals surface area contributed by atoms with Crippen LogP contribution in [0.4, 0.5) is 4.39 Å². The molecule has 3 nitrogen and oxygen atoms in total. The lowest BCUT2D eigenvalue weighted by molar-refractivity contribution is 0.252. The number of nitrogens with one attached hydrogen (secondary N) is 1. The molecule has 0 saturated heterocycles. The van der Waals surface area contributed by atoms with Crippen LogP contribution in [0.25, 0.3) is 12.2 Å². The molecule has 0 amide bonds. The summed E-state index contributed by atoms with van der Waals surface area (Å²) in [5.74, 6) is -0.360. The zero-order chi connectivity index (χ0) is 19.8. The maximum Gasteiger partial charge on any atom is 0.147 e. The summed E-state index contributed by atoms with van der Waals surface area (Å²) in [5, 5.41) is 2.66. The number of likely N-dealkylation sites (N-methyl/N-ethyl adjacent to an activating group) is 1. The molecule has 1 aromatic heterocycles. The minimum atomic E-state index is -1.06. The molecular weight excluding hydrogens is 382 g/mol. The molecule has 0 aliphatic rings. The summed E-state index contributed by atoms with van der Waals surface area (Å²) in [6.07, 6.45) is 6.87. The fraction of sp³-hybridized carbons (Fsp3) is 0.333. The van der Waals surface area contributed by atoms with Crippen LogP contribution in [0.1, 0.15) is 18.1 Å². The van der Waals surface area contributed by atoms with Crippen LogP contribution in [0.2, 0.25) is 0 Å². The number of nitrogens with zero attached hydrogens (tertiary/aromatic N) is 1. The minimum Gasteiger partial charge on any atom is -0.490 e. The van der Waals surface area contributed by atoms with Gasteiger partial charge in [0.1, 0.15) is 18.3 Å². The van der Waals surface area contributed by atoms with Gasteiger partial charge in [-0.3, -0.25) is 0 Å². The van der Waals surface area contributed by atoms with Gasteiger partial charge in [-0.25, -0.2) is 4.39 Å². The monoisotopic (exact) mass is 408 g/mol. The van der Waals surface area contributed by atoms with Gasteiger partial charge in [0.25, 0.3) is 0 Å². The molecule has 2 unspecified atom stereocenters. The normalized spacial score (nSPS) is 14.0. The van der Waals surface area contributed by atoms with Crippen molar-refractivity contribution in [3.8, 4) is 5.75 Å². The van der Waals surface area contributed by atoms with E-state index >= 15 is 0 Å². The Labute approximate surface area is 167 Å². The van der Waals surface area contributed by atoms with Crippen molar-refractivity contribution in [1.29, 1.82) is 0 Å². The molecule has 1 N–H and O–H groups in total. The van der Waals surface area contributed by atoms with Crippen molar-refractivity contribution in [3.63, 3.8) is 0 Å². The number of aromatic nitrogens is 1. The van der Waals surface area contributed by atoms with Gasteiger partial charge in [0, 0.05) is 29.7 Å². The molecule has 0 radical (unpaired) electrons. The van der Waals surface area contributed by atoms with E-state index in [2.05, 4.69) is 44.9 Å². The van der Waals surface area contributed by atoms with Gasteiger partial charge in [0.2, 0.25) is 0 Å². The first kappa shape index (κ1) is 21.7. The Morgan fingerprint density at radius 3 is 2.93 bits per heavy atom. The van der Waals surface area contributed by atoms with E-state index in [4.69, 9.17) is 16.3 Å². The third-order valence-electron chi connectivity index (χ3n) is 4.15.